The van der Waals surface area contributed by atoms with Gasteiger partial charge in [0, 0.05) is 18.2 Å². The quantitative estimate of drug-likeness (QED) is 0.524. The normalized spacial score (nSPS) is 12.6. The highest BCUT2D eigenvalue weighted by Crippen LogP contribution is 2.22. The Bertz CT molecular complexity index is 862. The molecule has 0 saturated carbocycles. The molecule has 1 amide bonds. The molecule has 150 valence electrons. The van der Waals surface area contributed by atoms with Crippen LogP contribution in [0.1, 0.15) is 40.2 Å². The molecule has 2 aromatic carbocycles. The second kappa shape index (κ2) is 9.40. The van der Waals surface area contributed by atoms with Gasteiger partial charge >= 0.3 is 5.97 Å². The van der Waals surface area contributed by atoms with Crippen LogP contribution in [0.2, 0.25) is 0 Å². The highest BCUT2D eigenvalue weighted by Gasteiger charge is 2.27. The summed E-state index contributed by atoms with van der Waals surface area (Å²) in [5.41, 5.74) is 0.875. The van der Waals surface area contributed by atoms with Gasteiger partial charge in [-0.1, -0.05) is 18.2 Å². The fourth-order valence-corrected chi connectivity index (χ4v) is 3.22. The van der Waals surface area contributed by atoms with E-state index < -0.39 is 12.1 Å². The predicted octanol–water partition coefficient (Wildman–Crippen LogP) is 4.44. The lowest BCUT2D eigenvalue weighted by atomic mass is 10.1. The van der Waals surface area contributed by atoms with Crippen molar-refractivity contribution >= 4 is 28.7 Å². The molecule has 5 heteroatoms. The molecule has 2 aromatic rings. The lowest BCUT2D eigenvalue weighted by Gasteiger charge is -2.32. The topological polar surface area (TPSA) is 55.8 Å². The molecule has 0 aromatic heterocycles. The smallest absolute Gasteiger partial charge is 0.331 e. The number of methoxy groups -OCH3 is 1. The maximum atomic E-state index is 12.5. The summed E-state index contributed by atoms with van der Waals surface area (Å²) in [5, 5.41) is 2.10. The summed E-state index contributed by atoms with van der Waals surface area (Å²) in [7, 11) is 1.64. The molecule has 0 fully saturated rings. The Kier molecular flexibility index (Phi) is 7.21. The molecule has 0 aliphatic heterocycles. The number of benzene rings is 2. The Labute approximate surface area is 166 Å². The Balaban J connectivity index is 2.04. The molecule has 0 spiro atoms. The molecular formula is C23H29NO4. The fraction of sp³-hybridized carbons (Fsp3) is 0.391. The van der Waals surface area contributed by atoms with Crippen LogP contribution in [0.25, 0.3) is 16.8 Å². The number of nitrogens with zero attached hydrogens (tertiary/aromatic N) is 1. The fourth-order valence-electron chi connectivity index (χ4n) is 3.22. The average molecular weight is 383 g/mol. The van der Waals surface area contributed by atoms with E-state index in [2.05, 4.69) is 0 Å². The molecule has 0 N–H and O–H groups in total. The van der Waals surface area contributed by atoms with Gasteiger partial charge in [0.2, 0.25) is 0 Å². The minimum atomic E-state index is -0.828. The van der Waals surface area contributed by atoms with E-state index in [9.17, 15) is 9.59 Å². The second-order valence-corrected chi connectivity index (χ2v) is 7.32. The van der Waals surface area contributed by atoms with Crippen LogP contribution in [-0.4, -0.2) is 42.1 Å². The van der Waals surface area contributed by atoms with Crippen LogP contribution >= 0.6 is 0 Å². The molecule has 0 aliphatic rings. The third kappa shape index (κ3) is 5.35. The van der Waals surface area contributed by atoms with Crippen molar-refractivity contribution in [2.75, 3.05) is 7.11 Å². The number of esters is 1. The summed E-state index contributed by atoms with van der Waals surface area (Å²) < 4.78 is 10.5. The number of hydrogen-bond donors (Lipinski definition) is 0. The predicted molar refractivity (Wildman–Crippen MR) is 112 cm³/mol. The zero-order chi connectivity index (χ0) is 20.8. The van der Waals surface area contributed by atoms with Crippen molar-refractivity contribution in [1.29, 1.82) is 0 Å². The van der Waals surface area contributed by atoms with E-state index in [1.807, 2.05) is 64.1 Å². The molecule has 0 aliphatic carbocycles. The molecule has 0 heterocycles. The van der Waals surface area contributed by atoms with Crippen molar-refractivity contribution in [3.8, 4) is 5.75 Å². The number of carbonyl (C=O) groups is 2. The Morgan fingerprint density at radius 3 is 2.14 bits per heavy atom. The van der Waals surface area contributed by atoms with Crippen molar-refractivity contribution < 1.29 is 19.1 Å². The summed E-state index contributed by atoms with van der Waals surface area (Å²) in [6.45, 7) is 9.39. The molecule has 28 heavy (non-hydrogen) atoms. The lowest BCUT2D eigenvalue weighted by molar-refractivity contribution is -0.157. The first-order valence-corrected chi connectivity index (χ1v) is 9.51. The minimum Gasteiger partial charge on any atom is -0.497 e. The minimum absolute atomic E-state index is 0.0421. The number of hydrogen-bond acceptors (Lipinski definition) is 4. The van der Waals surface area contributed by atoms with Gasteiger partial charge in [0.1, 0.15) is 5.75 Å². The van der Waals surface area contributed by atoms with Crippen molar-refractivity contribution in [1.82, 2.24) is 4.90 Å². The van der Waals surface area contributed by atoms with Crippen LogP contribution in [-0.2, 0) is 14.3 Å². The van der Waals surface area contributed by atoms with Crippen LogP contribution in [0, 0.1) is 0 Å². The highest BCUT2D eigenvalue weighted by atomic mass is 16.5. The van der Waals surface area contributed by atoms with E-state index in [4.69, 9.17) is 9.47 Å². The number of fused-ring (bicyclic) bond motifs is 1. The maximum absolute atomic E-state index is 12.5. The summed E-state index contributed by atoms with van der Waals surface area (Å²) in [6.07, 6.45) is 2.21. The first-order valence-electron chi connectivity index (χ1n) is 9.51. The summed E-state index contributed by atoms with van der Waals surface area (Å²) in [5.74, 6) is 0.0735. The molecule has 5 nitrogen and oxygen atoms in total. The van der Waals surface area contributed by atoms with Gasteiger partial charge in [0.05, 0.1) is 7.11 Å². The molecule has 1 atom stereocenters. The Hall–Kier alpha value is -2.82. The van der Waals surface area contributed by atoms with E-state index >= 15 is 0 Å². The first-order chi connectivity index (χ1) is 13.2. The van der Waals surface area contributed by atoms with E-state index in [1.165, 1.54) is 6.08 Å². The largest absolute Gasteiger partial charge is 0.497 e. The number of carbonyl (C=O) groups excluding carboxylic acids is 2. The van der Waals surface area contributed by atoms with Crippen LogP contribution in [0.4, 0.5) is 0 Å². The van der Waals surface area contributed by atoms with Gasteiger partial charge in [-0.2, -0.15) is 0 Å². The summed E-state index contributed by atoms with van der Waals surface area (Å²) in [6, 6.07) is 11.8. The van der Waals surface area contributed by atoms with Crippen molar-refractivity contribution in [3.05, 3.63) is 48.0 Å². The summed E-state index contributed by atoms with van der Waals surface area (Å²) in [4.78, 5) is 26.4. The van der Waals surface area contributed by atoms with Gasteiger partial charge in [-0.15, -0.1) is 0 Å². The Morgan fingerprint density at radius 1 is 0.929 bits per heavy atom. The monoisotopic (exact) mass is 383 g/mol. The van der Waals surface area contributed by atoms with Crippen molar-refractivity contribution in [2.45, 2.75) is 52.8 Å². The third-order valence-corrected chi connectivity index (χ3v) is 4.49. The van der Waals surface area contributed by atoms with E-state index in [-0.39, 0.29) is 18.0 Å². The van der Waals surface area contributed by atoms with Crippen LogP contribution in [0.15, 0.2) is 42.5 Å². The Morgan fingerprint density at radius 2 is 1.54 bits per heavy atom. The molecule has 2 rings (SSSR count). The van der Waals surface area contributed by atoms with Gasteiger partial charge in [-0.05, 0) is 75.2 Å². The molecule has 0 saturated heterocycles. The number of amides is 1. The van der Waals surface area contributed by atoms with Gasteiger partial charge in [-0.3, -0.25) is 4.79 Å². The van der Waals surface area contributed by atoms with Crippen LogP contribution in [0.5, 0.6) is 5.75 Å². The first kappa shape index (κ1) is 21.5. The molecule has 0 bridgehead atoms. The maximum Gasteiger partial charge on any atom is 0.331 e. The van der Waals surface area contributed by atoms with Gasteiger partial charge < -0.3 is 14.4 Å². The molecular weight excluding hydrogens is 354 g/mol. The summed E-state index contributed by atoms with van der Waals surface area (Å²) >= 11 is 0. The second-order valence-electron chi connectivity index (χ2n) is 7.32. The SMILES string of the molecule is COc1ccc2cc(/C=C/C(=O)O[C@@H](C)C(=O)N(C(C)C)C(C)C)ccc2c1. The lowest BCUT2D eigenvalue weighted by Crippen LogP contribution is -2.47. The average Bonchev–Trinajstić information content (AvgIpc) is 2.65. The zero-order valence-electron chi connectivity index (χ0n) is 17.4. The van der Waals surface area contributed by atoms with Crippen LogP contribution < -0.4 is 4.74 Å². The highest BCUT2D eigenvalue weighted by molar-refractivity contribution is 5.92. The van der Waals surface area contributed by atoms with Gasteiger partial charge in [0.15, 0.2) is 6.10 Å². The van der Waals surface area contributed by atoms with E-state index in [0.717, 1.165) is 22.1 Å². The standard InChI is InChI=1S/C23H29NO4/c1-15(2)24(16(3)4)23(26)17(5)28-22(25)12-8-18-7-9-20-14-21(27-6)11-10-19(20)13-18/h7-17H,1-6H3/b12-8+/t17-/m0/s1. The number of ether oxygens (including phenoxy) is 2. The van der Waals surface area contributed by atoms with E-state index in [0.29, 0.717) is 0 Å². The van der Waals surface area contributed by atoms with Crippen molar-refractivity contribution in [3.63, 3.8) is 0 Å². The van der Waals surface area contributed by atoms with E-state index in [1.54, 1.807) is 25.0 Å². The van der Waals surface area contributed by atoms with Crippen LogP contribution in [0.3, 0.4) is 0 Å². The van der Waals surface area contributed by atoms with Gasteiger partial charge in [0.25, 0.3) is 5.91 Å². The third-order valence-electron chi connectivity index (χ3n) is 4.49. The molecule has 0 unspecified atom stereocenters. The molecule has 0 radical (unpaired) electrons. The van der Waals surface area contributed by atoms with Gasteiger partial charge in [-0.25, -0.2) is 4.79 Å². The van der Waals surface area contributed by atoms with Crippen molar-refractivity contribution in [2.24, 2.45) is 0 Å². The zero-order valence-corrected chi connectivity index (χ0v) is 17.4. The number of rotatable bonds is 7.